The van der Waals surface area contributed by atoms with Crippen LogP contribution in [0.5, 0.6) is 11.5 Å². The fraction of sp³-hybridized carbons (Fsp3) is 0.500. The molecule has 1 fully saturated rings. The average Bonchev–Trinajstić information content (AvgIpc) is 2.38. The Labute approximate surface area is 121 Å². The topological polar surface area (TPSA) is 60.8 Å². The lowest BCUT2D eigenvalue weighted by molar-refractivity contribution is 0.0688. The maximum absolute atomic E-state index is 12.3. The molecule has 0 bridgehead atoms. The second-order valence-corrected chi connectivity index (χ2v) is 6.45. The molecule has 104 valence electrons. The summed E-state index contributed by atoms with van der Waals surface area (Å²) in [6.07, 6.45) is 1.94. The molecule has 4 nitrogen and oxygen atoms in total. The van der Waals surface area contributed by atoms with E-state index in [0.717, 1.165) is 12.8 Å². The van der Waals surface area contributed by atoms with Gasteiger partial charge in [0, 0.05) is 24.0 Å². The third kappa shape index (κ3) is 3.21. The molecule has 1 aliphatic rings. The lowest BCUT2D eigenvalue weighted by atomic mass is 9.94. The van der Waals surface area contributed by atoms with Crippen LogP contribution in [0.4, 0.5) is 0 Å². The van der Waals surface area contributed by atoms with E-state index in [9.17, 15) is 15.0 Å². The summed E-state index contributed by atoms with van der Waals surface area (Å²) < 4.78 is 0. The third-order valence-corrected chi connectivity index (χ3v) is 4.44. The first kappa shape index (κ1) is 14.2. The van der Waals surface area contributed by atoms with E-state index in [0.29, 0.717) is 23.8 Å². The average molecular weight is 328 g/mol. The van der Waals surface area contributed by atoms with Crippen molar-refractivity contribution < 1.29 is 15.0 Å². The highest BCUT2D eigenvalue weighted by Crippen LogP contribution is 2.28. The largest absolute Gasteiger partial charge is 0.508 e. The summed E-state index contributed by atoms with van der Waals surface area (Å²) in [4.78, 5) is 14.5. The molecule has 5 heteroatoms. The molecule has 1 unspecified atom stereocenters. The Morgan fingerprint density at radius 3 is 2.53 bits per heavy atom. The molecule has 2 rings (SSSR count). The first-order valence-electron chi connectivity index (χ1n) is 6.44. The third-order valence-electron chi connectivity index (χ3n) is 3.69. The van der Waals surface area contributed by atoms with Crippen molar-refractivity contribution in [3.8, 4) is 11.5 Å². The van der Waals surface area contributed by atoms with E-state index in [-0.39, 0.29) is 23.0 Å². The van der Waals surface area contributed by atoms with Crippen LogP contribution in [0.15, 0.2) is 18.2 Å². The van der Waals surface area contributed by atoms with Crippen molar-refractivity contribution in [2.24, 2.45) is 5.92 Å². The highest BCUT2D eigenvalue weighted by Gasteiger charge is 2.26. The molecule has 0 spiro atoms. The van der Waals surface area contributed by atoms with Gasteiger partial charge in [-0.15, -0.1) is 0 Å². The van der Waals surface area contributed by atoms with Gasteiger partial charge in [0.15, 0.2) is 0 Å². The highest BCUT2D eigenvalue weighted by atomic mass is 79.9. The minimum atomic E-state index is -0.168. The van der Waals surface area contributed by atoms with Crippen LogP contribution in [-0.4, -0.2) is 38.9 Å². The number of hydrogen-bond acceptors (Lipinski definition) is 3. The van der Waals surface area contributed by atoms with Gasteiger partial charge in [-0.3, -0.25) is 4.79 Å². The van der Waals surface area contributed by atoms with Gasteiger partial charge >= 0.3 is 0 Å². The van der Waals surface area contributed by atoms with Gasteiger partial charge in [-0.1, -0.05) is 22.9 Å². The summed E-state index contributed by atoms with van der Waals surface area (Å²) in [5.74, 6) is 0.220. The Bertz CT molecular complexity index is 468. The molecule has 1 heterocycles. The number of carbonyl (C=O) groups is 1. The van der Waals surface area contributed by atoms with Crippen molar-refractivity contribution in [2.45, 2.75) is 24.6 Å². The van der Waals surface area contributed by atoms with Crippen molar-refractivity contribution in [1.82, 2.24) is 4.90 Å². The molecule has 1 saturated heterocycles. The van der Waals surface area contributed by atoms with E-state index in [1.165, 1.54) is 18.2 Å². The molecule has 1 aromatic rings. The number of halogens is 1. The zero-order valence-electron chi connectivity index (χ0n) is 10.8. The molecule has 2 N–H and O–H groups in total. The first-order chi connectivity index (χ1) is 8.99. The number of likely N-dealkylation sites (tertiary alicyclic amines) is 1. The maximum Gasteiger partial charge on any atom is 0.257 e. The Balaban J connectivity index is 2.05. The zero-order chi connectivity index (χ0) is 14.0. The number of nitrogens with zero attached hydrogens (tertiary/aromatic N) is 1. The Morgan fingerprint density at radius 2 is 2.00 bits per heavy atom. The van der Waals surface area contributed by atoms with Crippen molar-refractivity contribution in [3.63, 3.8) is 0 Å². The van der Waals surface area contributed by atoms with Gasteiger partial charge in [-0.2, -0.15) is 0 Å². The van der Waals surface area contributed by atoms with Crippen LogP contribution in [0.1, 0.15) is 30.1 Å². The molecule has 1 aromatic carbocycles. The van der Waals surface area contributed by atoms with Gasteiger partial charge in [-0.25, -0.2) is 0 Å². The number of piperidine rings is 1. The van der Waals surface area contributed by atoms with Crippen molar-refractivity contribution >= 4 is 21.8 Å². The van der Waals surface area contributed by atoms with E-state index < -0.39 is 0 Å². The fourth-order valence-corrected chi connectivity index (χ4v) is 2.96. The summed E-state index contributed by atoms with van der Waals surface area (Å²) in [7, 11) is 0. The smallest absolute Gasteiger partial charge is 0.257 e. The van der Waals surface area contributed by atoms with Crippen LogP contribution in [-0.2, 0) is 0 Å². The van der Waals surface area contributed by atoms with Crippen LogP contribution < -0.4 is 0 Å². The van der Waals surface area contributed by atoms with Gasteiger partial charge in [0.05, 0.1) is 5.56 Å². The molecule has 1 amide bonds. The zero-order valence-corrected chi connectivity index (χ0v) is 12.4. The fourth-order valence-electron chi connectivity index (χ4n) is 2.43. The summed E-state index contributed by atoms with van der Waals surface area (Å²) in [6.45, 7) is 3.55. The van der Waals surface area contributed by atoms with Gasteiger partial charge in [-0.05, 0) is 30.9 Å². The lowest BCUT2D eigenvalue weighted by Crippen LogP contribution is -2.39. The first-order valence-corrected chi connectivity index (χ1v) is 7.36. The normalized spacial score (nSPS) is 18.3. The molecule has 0 aromatic heterocycles. The Morgan fingerprint density at radius 1 is 1.37 bits per heavy atom. The predicted octanol–water partition coefficient (Wildman–Crippen LogP) is 2.73. The molecular weight excluding hydrogens is 310 g/mol. The van der Waals surface area contributed by atoms with E-state index in [1.807, 2.05) is 0 Å². The summed E-state index contributed by atoms with van der Waals surface area (Å²) in [5, 5.41) is 19.0. The molecule has 1 aliphatic heterocycles. The molecule has 1 atom stereocenters. The Kier molecular flexibility index (Phi) is 4.34. The molecule has 19 heavy (non-hydrogen) atoms. The number of amides is 1. The highest BCUT2D eigenvalue weighted by molar-refractivity contribution is 9.09. The number of rotatable bonds is 2. The minimum absolute atomic E-state index is 0.0409. The van der Waals surface area contributed by atoms with Crippen molar-refractivity contribution in [2.75, 3.05) is 13.1 Å². The van der Waals surface area contributed by atoms with Gasteiger partial charge in [0.2, 0.25) is 0 Å². The van der Waals surface area contributed by atoms with Crippen LogP contribution in [0.25, 0.3) is 0 Å². The van der Waals surface area contributed by atoms with Crippen LogP contribution in [0.3, 0.4) is 0 Å². The number of aromatic hydroxyl groups is 2. The van der Waals surface area contributed by atoms with E-state index in [2.05, 4.69) is 22.9 Å². The number of carbonyl (C=O) groups excluding carboxylic acids is 1. The number of benzene rings is 1. The van der Waals surface area contributed by atoms with E-state index in [1.54, 1.807) is 4.90 Å². The second-order valence-electron chi connectivity index (χ2n) is 5.01. The van der Waals surface area contributed by atoms with Crippen LogP contribution in [0, 0.1) is 5.92 Å². The van der Waals surface area contributed by atoms with Gasteiger partial charge in [0.25, 0.3) is 5.91 Å². The van der Waals surface area contributed by atoms with Gasteiger partial charge < -0.3 is 15.1 Å². The number of phenolic OH excluding ortho intramolecular Hbond substituents is 2. The molecule has 0 radical (unpaired) electrons. The number of hydrogen-bond donors (Lipinski definition) is 2. The lowest BCUT2D eigenvalue weighted by Gasteiger charge is -2.33. The van der Waals surface area contributed by atoms with Crippen molar-refractivity contribution in [1.29, 1.82) is 0 Å². The van der Waals surface area contributed by atoms with E-state index in [4.69, 9.17) is 0 Å². The van der Waals surface area contributed by atoms with Crippen LogP contribution in [0.2, 0.25) is 0 Å². The SMILES string of the molecule is CC(Br)C1CCN(C(=O)c2ccc(O)cc2O)CC1. The number of phenols is 2. The van der Waals surface area contributed by atoms with E-state index >= 15 is 0 Å². The Hall–Kier alpha value is -1.23. The van der Waals surface area contributed by atoms with Gasteiger partial charge in [0.1, 0.15) is 11.5 Å². The second kappa shape index (κ2) is 5.82. The number of alkyl halides is 1. The summed E-state index contributed by atoms with van der Waals surface area (Å²) >= 11 is 3.59. The molecular formula is C14H18BrNO3. The maximum atomic E-state index is 12.3. The molecule has 0 aliphatic carbocycles. The monoisotopic (exact) mass is 327 g/mol. The minimum Gasteiger partial charge on any atom is -0.508 e. The van der Waals surface area contributed by atoms with Crippen LogP contribution >= 0.6 is 15.9 Å². The van der Waals surface area contributed by atoms with Crippen molar-refractivity contribution in [3.05, 3.63) is 23.8 Å². The molecule has 0 saturated carbocycles. The summed E-state index contributed by atoms with van der Waals surface area (Å²) in [5.41, 5.74) is 0.253. The summed E-state index contributed by atoms with van der Waals surface area (Å²) in [6, 6.07) is 4.08. The predicted molar refractivity (Wildman–Crippen MR) is 76.8 cm³/mol. The standard InChI is InChI=1S/C14H18BrNO3/c1-9(15)10-4-6-16(7-5-10)14(19)12-3-2-11(17)8-13(12)18/h2-3,8-10,17-18H,4-7H2,1H3. The quantitative estimate of drug-likeness (QED) is 0.821.